The Hall–Kier alpha value is -0.590. The topological polar surface area (TPSA) is 50.1 Å². The second kappa shape index (κ2) is 2.81. The number of piperidine rings is 1. The van der Waals surface area contributed by atoms with Crippen molar-refractivity contribution in [1.29, 1.82) is 5.26 Å². The van der Waals surface area contributed by atoms with Crippen LogP contribution in [0.1, 0.15) is 12.8 Å². The third-order valence-corrected chi connectivity index (χ3v) is 1.57. The van der Waals surface area contributed by atoms with Crippen molar-refractivity contribution in [2.24, 2.45) is 5.92 Å². The first-order valence-electron chi connectivity index (χ1n) is 3.14. The largest absolute Gasteiger partial charge is 0.785 e. The number of nitriles is 1. The third-order valence-electron chi connectivity index (χ3n) is 1.57. The molecule has 1 aliphatic heterocycles. The van der Waals surface area contributed by atoms with Gasteiger partial charge in [-0.05, 0) is 19.4 Å². The lowest BCUT2D eigenvalue weighted by Crippen LogP contribution is -2.29. The van der Waals surface area contributed by atoms with Gasteiger partial charge in [0.15, 0.2) is 0 Å². The Morgan fingerprint density at radius 2 is 2.44 bits per heavy atom. The molecule has 0 aromatic rings. The molecule has 1 aliphatic rings. The lowest BCUT2D eigenvalue weighted by Gasteiger charge is -2.34. The Kier molecular flexibility index (Phi) is 2.04. The molecule has 0 aromatic heterocycles. The summed E-state index contributed by atoms with van der Waals surface area (Å²) in [6.45, 7) is 1.02. The molecule has 1 fully saturated rings. The summed E-state index contributed by atoms with van der Waals surface area (Å²) in [6.07, 6.45) is 1.77. The highest BCUT2D eigenvalue weighted by molar-refractivity contribution is 4.88. The van der Waals surface area contributed by atoms with Crippen LogP contribution in [0.3, 0.4) is 0 Å². The summed E-state index contributed by atoms with van der Waals surface area (Å²) in [5.41, 5.74) is 0. The Bertz CT molecular complexity index is 130. The minimum Gasteiger partial charge on any atom is -0.785 e. The van der Waals surface area contributed by atoms with Gasteiger partial charge in [0.1, 0.15) is 0 Å². The average Bonchev–Trinajstić information content (AvgIpc) is 1.88. The quantitative estimate of drug-likeness (QED) is 0.479. The van der Waals surface area contributed by atoms with Crippen molar-refractivity contribution >= 4 is 0 Å². The maximum Gasteiger partial charge on any atom is 0.0668 e. The van der Waals surface area contributed by atoms with E-state index >= 15 is 0 Å². The summed E-state index contributed by atoms with van der Waals surface area (Å²) in [5.74, 6) is -0.0174. The maximum atomic E-state index is 10.6. The van der Waals surface area contributed by atoms with Gasteiger partial charge in [-0.25, -0.2) is 0 Å². The van der Waals surface area contributed by atoms with E-state index in [0.717, 1.165) is 17.9 Å². The second-order valence-corrected chi connectivity index (χ2v) is 2.36. The fraction of sp³-hybridized carbons (Fsp3) is 0.833. The summed E-state index contributed by atoms with van der Waals surface area (Å²) >= 11 is 0. The van der Waals surface area contributed by atoms with Crippen molar-refractivity contribution in [2.45, 2.75) is 12.8 Å². The van der Waals surface area contributed by atoms with Gasteiger partial charge in [-0.3, -0.25) is 0 Å². The number of hydroxylamine groups is 2. The molecule has 0 amide bonds. The van der Waals surface area contributed by atoms with Gasteiger partial charge in [0.05, 0.1) is 12.0 Å². The van der Waals surface area contributed by atoms with Crippen molar-refractivity contribution < 1.29 is 0 Å². The van der Waals surface area contributed by atoms with Crippen molar-refractivity contribution in [3.63, 3.8) is 0 Å². The molecule has 3 nitrogen and oxygen atoms in total. The summed E-state index contributed by atoms with van der Waals surface area (Å²) in [7, 11) is 0. The van der Waals surface area contributed by atoms with Crippen LogP contribution < -0.4 is 0 Å². The first-order valence-corrected chi connectivity index (χ1v) is 3.14. The van der Waals surface area contributed by atoms with Crippen molar-refractivity contribution in [2.75, 3.05) is 13.1 Å². The highest BCUT2D eigenvalue weighted by Crippen LogP contribution is 2.13. The molecule has 0 saturated carbocycles. The zero-order chi connectivity index (χ0) is 6.69. The summed E-state index contributed by atoms with van der Waals surface area (Å²) < 4.78 is 0. The Morgan fingerprint density at radius 3 is 2.89 bits per heavy atom. The van der Waals surface area contributed by atoms with Gasteiger partial charge in [-0.1, -0.05) is 0 Å². The highest BCUT2D eigenvalue weighted by Gasteiger charge is 2.12. The summed E-state index contributed by atoms with van der Waals surface area (Å²) in [4.78, 5) is 0. The van der Waals surface area contributed by atoms with Gasteiger partial charge in [0, 0.05) is 6.54 Å². The Morgan fingerprint density at radius 1 is 1.67 bits per heavy atom. The normalized spacial score (nSPS) is 29.6. The van der Waals surface area contributed by atoms with Crippen LogP contribution in [0.15, 0.2) is 0 Å². The predicted molar refractivity (Wildman–Crippen MR) is 33.3 cm³/mol. The molecule has 1 heterocycles. The van der Waals surface area contributed by atoms with E-state index in [1.165, 1.54) is 0 Å². The van der Waals surface area contributed by atoms with Crippen LogP contribution in [0.2, 0.25) is 0 Å². The molecule has 0 aliphatic carbocycles. The van der Waals surface area contributed by atoms with Gasteiger partial charge in [0.2, 0.25) is 0 Å². The van der Waals surface area contributed by atoms with Crippen LogP contribution >= 0.6 is 0 Å². The summed E-state index contributed by atoms with van der Waals surface area (Å²) in [5, 5.41) is 20.0. The molecule has 0 bridgehead atoms. The van der Waals surface area contributed by atoms with E-state index in [9.17, 15) is 5.21 Å². The van der Waals surface area contributed by atoms with Crippen LogP contribution in [0, 0.1) is 22.5 Å². The predicted octanol–water partition coefficient (Wildman–Crippen LogP) is 0.720. The monoisotopic (exact) mass is 125 g/mol. The SMILES string of the molecule is N#CC1CCCN([O-])C1. The van der Waals surface area contributed by atoms with Crippen LogP contribution in [0.5, 0.6) is 0 Å². The van der Waals surface area contributed by atoms with Gasteiger partial charge in [-0.15, -0.1) is 0 Å². The smallest absolute Gasteiger partial charge is 0.0668 e. The number of nitrogens with zero attached hydrogens (tertiary/aromatic N) is 2. The standard InChI is InChI=1S/C6H9N2O/c7-4-6-2-1-3-8(9)5-6/h6H,1-3,5H2/q-1. The molecule has 1 rings (SSSR count). The Balaban J connectivity index is 2.34. The zero-order valence-electron chi connectivity index (χ0n) is 5.21. The van der Waals surface area contributed by atoms with Crippen molar-refractivity contribution in [1.82, 2.24) is 5.06 Å². The Labute approximate surface area is 54.5 Å². The first kappa shape index (κ1) is 6.53. The molecule has 1 unspecified atom stereocenters. The molecule has 50 valence electrons. The molecule has 9 heavy (non-hydrogen) atoms. The molecule has 0 radical (unpaired) electrons. The minimum absolute atomic E-state index is 0.0174. The fourth-order valence-electron chi connectivity index (χ4n) is 1.05. The van der Waals surface area contributed by atoms with E-state index in [0.29, 0.717) is 13.1 Å². The third kappa shape index (κ3) is 1.67. The molecule has 0 spiro atoms. The van der Waals surface area contributed by atoms with Crippen LogP contribution in [0.4, 0.5) is 0 Å². The lowest BCUT2D eigenvalue weighted by atomic mass is 10.0. The van der Waals surface area contributed by atoms with E-state index in [4.69, 9.17) is 5.26 Å². The van der Waals surface area contributed by atoms with Crippen LogP contribution in [-0.2, 0) is 0 Å². The number of rotatable bonds is 0. The van der Waals surface area contributed by atoms with E-state index in [2.05, 4.69) is 6.07 Å². The van der Waals surface area contributed by atoms with Gasteiger partial charge < -0.3 is 10.3 Å². The molecule has 1 atom stereocenters. The fourth-order valence-corrected chi connectivity index (χ4v) is 1.05. The molecular weight excluding hydrogens is 116 g/mol. The minimum atomic E-state index is -0.0174. The van der Waals surface area contributed by atoms with Gasteiger partial charge in [-0.2, -0.15) is 5.26 Å². The molecular formula is C6H9N2O-. The average molecular weight is 125 g/mol. The first-order chi connectivity index (χ1) is 4.33. The zero-order valence-corrected chi connectivity index (χ0v) is 5.21. The van der Waals surface area contributed by atoms with Crippen LogP contribution in [0.25, 0.3) is 0 Å². The van der Waals surface area contributed by atoms with Gasteiger partial charge >= 0.3 is 0 Å². The van der Waals surface area contributed by atoms with E-state index < -0.39 is 0 Å². The van der Waals surface area contributed by atoms with E-state index in [-0.39, 0.29) is 5.92 Å². The van der Waals surface area contributed by atoms with Gasteiger partial charge in [0.25, 0.3) is 0 Å². The molecule has 0 N–H and O–H groups in total. The second-order valence-electron chi connectivity index (χ2n) is 2.36. The van der Waals surface area contributed by atoms with Crippen LogP contribution in [-0.4, -0.2) is 18.2 Å². The van der Waals surface area contributed by atoms with Crippen molar-refractivity contribution in [3.05, 3.63) is 5.21 Å². The van der Waals surface area contributed by atoms with E-state index in [1.807, 2.05) is 0 Å². The number of hydrogen-bond acceptors (Lipinski definition) is 3. The van der Waals surface area contributed by atoms with E-state index in [1.54, 1.807) is 0 Å². The highest BCUT2D eigenvalue weighted by atomic mass is 16.5. The lowest BCUT2D eigenvalue weighted by molar-refractivity contribution is 0.270. The maximum absolute atomic E-state index is 10.6. The molecule has 0 aromatic carbocycles. The number of hydrogen-bond donors (Lipinski definition) is 0. The molecule has 1 saturated heterocycles. The molecule has 3 heteroatoms. The van der Waals surface area contributed by atoms with Crippen molar-refractivity contribution in [3.8, 4) is 6.07 Å². The summed E-state index contributed by atoms with van der Waals surface area (Å²) in [6, 6.07) is 2.09.